The SMILES string of the molecule is C[C@@H](Sc1nc2ncccn2n1)C(=O)N(C)C1(C#N)CCCCC1. The second-order valence-electron chi connectivity index (χ2n) is 6.12. The molecule has 1 aliphatic rings. The molecule has 0 saturated heterocycles. The third-order valence-electron chi connectivity index (χ3n) is 4.59. The molecule has 126 valence electrons. The molecule has 2 aromatic heterocycles. The van der Waals surface area contributed by atoms with Crippen LogP contribution in [-0.4, -0.2) is 48.2 Å². The van der Waals surface area contributed by atoms with E-state index in [1.54, 1.807) is 34.9 Å². The summed E-state index contributed by atoms with van der Waals surface area (Å²) in [6.45, 7) is 1.83. The van der Waals surface area contributed by atoms with Crippen LogP contribution in [0, 0.1) is 11.3 Å². The van der Waals surface area contributed by atoms with Crippen molar-refractivity contribution in [3.63, 3.8) is 0 Å². The smallest absolute Gasteiger partial charge is 0.253 e. The predicted octanol–water partition coefficient (Wildman–Crippen LogP) is 2.29. The zero-order chi connectivity index (χ0) is 17.2. The molecule has 1 atom stereocenters. The molecule has 8 heteroatoms. The molecule has 1 fully saturated rings. The molecule has 0 aromatic carbocycles. The number of fused-ring (bicyclic) bond motifs is 1. The topological polar surface area (TPSA) is 87.2 Å². The Bertz CT molecular complexity index is 743. The Hall–Kier alpha value is -2.14. The first-order valence-corrected chi connectivity index (χ1v) is 8.97. The Morgan fingerprint density at radius 2 is 2.21 bits per heavy atom. The minimum atomic E-state index is -0.669. The fourth-order valence-corrected chi connectivity index (χ4v) is 3.96. The van der Waals surface area contributed by atoms with E-state index in [4.69, 9.17) is 0 Å². The zero-order valence-electron chi connectivity index (χ0n) is 13.8. The summed E-state index contributed by atoms with van der Waals surface area (Å²) in [4.78, 5) is 22.9. The van der Waals surface area contributed by atoms with Crippen molar-refractivity contribution in [3.8, 4) is 6.07 Å². The summed E-state index contributed by atoms with van der Waals surface area (Å²) in [7, 11) is 1.74. The lowest BCUT2D eigenvalue weighted by Gasteiger charge is -2.39. The van der Waals surface area contributed by atoms with E-state index in [9.17, 15) is 10.1 Å². The molecule has 0 unspecified atom stereocenters. The molecule has 1 aliphatic carbocycles. The number of carbonyl (C=O) groups excluding carboxylic acids is 1. The lowest BCUT2D eigenvalue weighted by atomic mass is 9.81. The molecule has 0 N–H and O–H groups in total. The van der Waals surface area contributed by atoms with E-state index in [0.29, 0.717) is 10.9 Å². The van der Waals surface area contributed by atoms with Gasteiger partial charge in [-0.05, 0) is 25.8 Å². The Kier molecular flexibility index (Phi) is 4.71. The standard InChI is InChI=1S/C16H20N6OS/c1-12(24-15-19-14-18-9-6-10-22(14)20-15)13(23)21(2)16(11-17)7-4-3-5-8-16/h6,9-10,12H,3-5,7-8H2,1-2H3/t12-/m1/s1. The minimum absolute atomic E-state index is 0.0599. The molecule has 24 heavy (non-hydrogen) atoms. The number of amides is 1. The van der Waals surface area contributed by atoms with Gasteiger partial charge >= 0.3 is 0 Å². The summed E-state index contributed by atoms with van der Waals surface area (Å²) in [5.74, 6) is 0.448. The van der Waals surface area contributed by atoms with Gasteiger partial charge < -0.3 is 4.90 Å². The summed E-state index contributed by atoms with van der Waals surface area (Å²) in [5, 5.41) is 14.1. The van der Waals surface area contributed by atoms with Crippen LogP contribution in [0.2, 0.25) is 0 Å². The summed E-state index contributed by atoms with van der Waals surface area (Å²) in [6.07, 6.45) is 8.04. The number of hydrogen-bond donors (Lipinski definition) is 0. The van der Waals surface area contributed by atoms with Gasteiger partial charge in [-0.2, -0.15) is 10.2 Å². The van der Waals surface area contributed by atoms with Gasteiger partial charge in [-0.25, -0.2) is 9.50 Å². The lowest BCUT2D eigenvalue weighted by Crippen LogP contribution is -2.52. The highest BCUT2D eigenvalue weighted by molar-refractivity contribution is 8.00. The number of carbonyl (C=O) groups is 1. The van der Waals surface area contributed by atoms with Gasteiger partial charge in [0.15, 0.2) is 0 Å². The molecule has 1 saturated carbocycles. The van der Waals surface area contributed by atoms with Gasteiger partial charge in [0.25, 0.3) is 5.78 Å². The van der Waals surface area contributed by atoms with E-state index in [0.717, 1.165) is 32.1 Å². The van der Waals surface area contributed by atoms with Crippen LogP contribution in [0.15, 0.2) is 23.6 Å². The van der Waals surface area contributed by atoms with Crippen molar-refractivity contribution >= 4 is 23.4 Å². The fourth-order valence-electron chi connectivity index (χ4n) is 3.11. The molecule has 2 aromatic rings. The summed E-state index contributed by atoms with van der Waals surface area (Å²) in [5.41, 5.74) is -0.669. The maximum absolute atomic E-state index is 12.8. The first kappa shape index (κ1) is 16.7. The van der Waals surface area contributed by atoms with Gasteiger partial charge in [-0.3, -0.25) is 4.79 Å². The van der Waals surface area contributed by atoms with Crippen LogP contribution < -0.4 is 0 Å². The van der Waals surface area contributed by atoms with Crippen molar-refractivity contribution in [3.05, 3.63) is 18.5 Å². The number of rotatable bonds is 4. The second-order valence-corrected chi connectivity index (χ2v) is 7.43. The third-order valence-corrected chi connectivity index (χ3v) is 5.53. The summed E-state index contributed by atoms with van der Waals surface area (Å²) < 4.78 is 1.58. The van der Waals surface area contributed by atoms with Crippen LogP contribution in [0.25, 0.3) is 5.78 Å². The van der Waals surface area contributed by atoms with Crippen LogP contribution in [0.5, 0.6) is 0 Å². The highest BCUT2D eigenvalue weighted by atomic mass is 32.2. The molecule has 3 rings (SSSR count). The molecular formula is C16H20N6OS. The fraction of sp³-hybridized carbons (Fsp3) is 0.562. The molecule has 1 amide bonds. The van der Waals surface area contributed by atoms with E-state index in [2.05, 4.69) is 21.1 Å². The normalized spacial score (nSPS) is 18.0. The van der Waals surface area contributed by atoms with Crippen molar-refractivity contribution < 1.29 is 4.79 Å². The van der Waals surface area contributed by atoms with Gasteiger partial charge in [0, 0.05) is 19.4 Å². The third kappa shape index (κ3) is 3.08. The van der Waals surface area contributed by atoms with E-state index in [-0.39, 0.29) is 11.2 Å². The average molecular weight is 344 g/mol. The largest absolute Gasteiger partial charge is 0.326 e. The second kappa shape index (κ2) is 6.77. The number of nitrogens with zero attached hydrogens (tertiary/aromatic N) is 6. The van der Waals surface area contributed by atoms with E-state index in [1.807, 2.05) is 6.92 Å². The number of hydrogen-bond acceptors (Lipinski definition) is 6. The highest BCUT2D eigenvalue weighted by Crippen LogP contribution is 2.34. The Morgan fingerprint density at radius 1 is 1.46 bits per heavy atom. The molecular weight excluding hydrogens is 324 g/mol. The van der Waals surface area contributed by atoms with Gasteiger partial charge in [-0.15, -0.1) is 5.10 Å². The number of aromatic nitrogens is 4. The molecule has 0 bridgehead atoms. The number of thioether (sulfide) groups is 1. The summed E-state index contributed by atoms with van der Waals surface area (Å²) >= 11 is 1.30. The van der Waals surface area contributed by atoms with Gasteiger partial charge in [0.1, 0.15) is 5.54 Å². The zero-order valence-corrected chi connectivity index (χ0v) is 14.7. The quantitative estimate of drug-likeness (QED) is 0.791. The Balaban J connectivity index is 1.72. The van der Waals surface area contributed by atoms with E-state index < -0.39 is 5.54 Å². The predicted molar refractivity (Wildman–Crippen MR) is 90.3 cm³/mol. The van der Waals surface area contributed by atoms with Crippen molar-refractivity contribution in [1.29, 1.82) is 5.26 Å². The van der Waals surface area contributed by atoms with Crippen molar-refractivity contribution in [2.24, 2.45) is 0 Å². The van der Waals surface area contributed by atoms with Gasteiger partial charge in [0.05, 0.1) is 11.3 Å². The highest BCUT2D eigenvalue weighted by Gasteiger charge is 2.40. The maximum Gasteiger partial charge on any atom is 0.253 e. The molecule has 0 spiro atoms. The average Bonchev–Trinajstić information content (AvgIpc) is 3.03. The summed E-state index contributed by atoms with van der Waals surface area (Å²) in [6, 6.07) is 4.16. The Morgan fingerprint density at radius 3 is 2.88 bits per heavy atom. The lowest BCUT2D eigenvalue weighted by molar-refractivity contribution is -0.133. The monoisotopic (exact) mass is 344 g/mol. The minimum Gasteiger partial charge on any atom is -0.326 e. The molecule has 7 nitrogen and oxygen atoms in total. The molecule has 0 radical (unpaired) electrons. The number of nitriles is 1. The van der Waals surface area contributed by atoms with E-state index in [1.165, 1.54) is 11.8 Å². The van der Waals surface area contributed by atoms with Crippen molar-refractivity contribution in [1.82, 2.24) is 24.5 Å². The first-order chi connectivity index (χ1) is 11.6. The van der Waals surface area contributed by atoms with Crippen LogP contribution in [0.4, 0.5) is 0 Å². The molecule has 0 aliphatic heterocycles. The van der Waals surface area contributed by atoms with Crippen LogP contribution in [-0.2, 0) is 4.79 Å². The maximum atomic E-state index is 12.8. The molecule has 2 heterocycles. The van der Waals surface area contributed by atoms with Crippen molar-refractivity contribution in [2.45, 2.75) is 55.0 Å². The Labute approximate surface area is 145 Å². The van der Waals surface area contributed by atoms with Crippen LogP contribution >= 0.6 is 11.8 Å². The van der Waals surface area contributed by atoms with Gasteiger partial charge in [0.2, 0.25) is 11.1 Å². The van der Waals surface area contributed by atoms with Gasteiger partial charge in [-0.1, -0.05) is 31.0 Å². The first-order valence-electron chi connectivity index (χ1n) is 8.09. The van der Waals surface area contributed by atoms with Crippen LogP contribution in [0.1, 0.15) is 39.0 Å². The van der Waals surface area contributed by atoms with E-state index >= 15 is 0 Å². The van der Waals surface area contributed by atoms with Crippen molar-refractivity contribution in [2.75, 3.05) is 7.05 Å². The van der Waals surface area contributed by atoms with Crippen LogP contribution in [0.3, 0.4) is 0 Å².